The summed E-state index contributed by atoms with van der Waals surface area (Å²) in [7, 11) is -2.94. The molecule has 0 amide bonds. The maximum atomic E-state index is 13.2. The topological polar surface area (TPSA) is 89.8 Å². The second-order valence-corrected chi connectivity index (χ2v) is 7.18. The molecule has 2 rings (SSSR count). The summed E-state index contributed by atoms with van der Waals surface area (Å²) in [6, 6.07) is 1.64. The van der Waals surface area contributed by atoms with Gasteiger partial charge in [-0.3, -0.25) is 10.1 Å². The number of nitrogens with zero attached hydrogens (tertiary/aromatic N) is 2. The third kappa shape index (κ3) is 3.68. The van der Waals surface area contributed by atoms with E-state index in [0.29, 0.717) is 18.9 Å². The van der Waals surface area contributed by atoms with Crippen LogP contribution in [0.25, 0.3) is 0 Å². The monoisotopic (exact) mass is 368 g/mol. The maximum Gasteiger partial charge on any atom is 0.417 e. The van der Waals surface area contributed by atoms with Crippen molar-refractivity contribution in [3.63, 3.8) is 0 Å². The molecule has 1 saturated heterocycles. The highest BCUT2D eigenvalue weighted by atomic mass is 32.2. The highest BCUT2D eigenvalue weighted by Crippen LogP contribution is 2.38. The van der Waals surface area contributed by atoms with Crippen LogP contribution in [0.5, 0.6) is 0 Å². The molecule has 1 aliphatic heterocycles. The first-order valence-corrected chi connectivity index (χ1v) is 8.40. The quantitative estimate of drug-likeness (QED) is 0.601. The number of hydrogen-bond donors (Lipinski definition) is 0. The van der Waals surface area contributed by atoms with Crippen molar-refractivity contribution in [1.82, 2.24) is 4.31 Å². The predicted molar refractivity (Wildman–Crippen MR) is 76.9 cm³/mol. The Kier molecular flexibility index (Phi) is 5.16. The van der Waals surface area contributed by atoms with E-state index in [9.17, 15) is 31.7 Å². The molecule has 0 unspecified atom stereocenters. The molecule has 0 aliphatic carbocycles. The normalized spacial score (nSPS) is 17.8. The van der Waals surface area contributed by atoms with Gasteiger partial charge in [-0.05, 0) is 18.9 Å². The summed E-state index contributed by atoms with van der Waals surface area (Å²) >= 11 is 0. The van der Waals surface area contributed by atoms with Crippen molar-refractivity contribution in [3.8, 4) is 0 Å². The van der Waals surface area contributed by atoms with Gasteiger partial charge in [0.15, 0.2) is 0 Å². The van der Waals surface area contributed by atoms with E-state index in [0.717, 1.165) is 10.4 Å². The van der Waals surface area contributed by atoms with Crippen LogP contribution in [0.4, 0.5) is 18.9 Å². The molecule has 0 aromatic heterocycles. The number of nitro benzene ring substituents is 1. The van der Waals surface area contributed by atoms with Crippen LogP contribution in [0.3, 0.4) is 0 Å². The standard InChI is InChI=1S/C13H15F3N2O5S/c1-23-10-4-6-17(7-5-10)24(21,22)12-3-2-9(18(19)20)8-11(12)13(14,15)16/h2-3,8,10H,4-7H2,1H3. The van der Waals surface area contributed by atoms with E-state index in [2.05, 4.69) is 0 Å². The summed E-state index contributed by atoms with van der Waals surface area (Å²) in [5.41, 5.74) is -2.36. The number of benzene rings is 1. The minimum absolute atomic E-state index is 0.0229. The first kappa shape index (κ1) is 18.6. The molecule has 134 valence electrons. The largest absolute Gasteiger partial charge is 0.417 e. The Morgan fingerprint density at radius 1 is 1.29 bits per heavy atom. The van der Waals surface area contributed by atoms with E-state index >= 15 is 0 Å². The molecular formula is C13H15F3N2O5S. The predicted octanol–water partition coefficient (Wildman–Crippen LogP) is 2.41. The highest BCUT2D eigenvalue weighted by molar-refractivity contribution is 7.89. The number of piperidine rings is 1. The van der Waals surface area contributed by atoms with Crippen molar-refractivity contribution in [2.75, 3.05) is 20.2 Å². The second-order valence-electron chi connectivity index (χ2n) is 5.27. The Bertz CT molecular complexity index is 728. The van der Waals surface area contributed by atoms with E-state index in [1.54, 1.807) is 0 Å². The lowest BCUT2D eigenvalue weighted by atomic mass is 10.1. The van der Waals surface area contributed by atoms with Gasteiger partial charge in [-0.1, -0.05) is 0 Å². The molecule has 1 heterocycles. The van der Waals surface area contributed by atoms with Crippen LogP contribution in [0.15, 0.2) is 23.1 Å². The van der Waals surface area contributed by atoms with Crippen LogP contribution in [-0.4, -0.2) is 43.9 Å². The van der Waals surface area contributed by atoms with Gasteiger partial charge in [0.2, 0.25) is 10.0 Å². The number of methoxy groups -OCH3 is 1. The van der Waals surface area contributed by atoms with Crippen LogP contribution in [-0.2, 0) is 20.9 Å². The maximum absolute atomic E-state index is 13.2. The molecule has 1 aromatic carbocycles. The van der Waals surface area contributed by atoms with Crippen molar-refractivity contribution < 1.29 is 31.2 Å². The highest BCUT2D eigenvalue weighted by Gasteiger charge is 2.41. The Morgan fingerprint density at radius 3 is 2.33 bits per heavy atom. The average molecular weight is 368 g/mol. The molecule has 7 nitrogen and oxygen atoms in total. The lowest BCUT2D eigenvalue weighted by Crippen LogP contribution is -2.41. The van der Waals surface area contributed by atoms with Gasteiger partial charge in [-0.2, -0.15) is 17.5 Å². The summed E-state index contributed by atoms with van der Waals surface area (Å²) in [6.45, 7) is 0.0459. The molecule has 11 heteroatoms. The molecule has 0 bridgehead atoms. The number of rotatable bonds is 4. The molecular weight excluding hydrogens is 353 g/mol. The Hall–Kier alpha value is -1.72. The summed E-state index contributed by atoms with van der Waals surface area (Å²) < 4.78 is 70.7. The fourth-order valence-electron chi connectivity index (χ4n) is 2.53. The Balaban J connectivity index is 2.45. The molecule has 0 radical (unpaired) electrons. The van der Waals surface area contributed by atoms with Gasteiger partial charge in [0.25, 0.3) is 5.69 Å². The molecule has 0 spiro atoms. The molecule has 24 heavy (non-hydrogen) atoms. The van der Waals surface area contributed by atoms with E-state index in [1.807, 2.05) is 0 Å². The van der Waals surface area contributed by atoms with E-state index in [-0.39, 0.29) is 25.3 Å². The third-order valence-corrected chi connectivity index (χ3v) is 5.79. The van der Waals surface area contributed by atoms with Gasteiger partial charge in [0, 0.05) is 32.3 Å². The van der Waals surface area contributed by atoms with Gasteiger partial charge < -0.3 is 4.74 Å². The average Bonchev–Trinajstić information content (AvgIpc) is 2.53. The van der Waals surface area contributed by atoms with Crippen LogP contribution < -0.4 is 0 Å². The fraction of sp³-hybridized carbons (Fsp3) is 0.538. The van der Waals surface area contributed by atoms with Gasteiger partial charge in [0.1, 0.15) is 0 Å². The first-order chi connectivity index (χ1) is 11.1. The van der Waals surface area contributed by atoms with Crippen molar-refractivity contribution in [2.45, 2.75) is 30.0 Å². The molecule has 0 N–H and O–H groups in total. The van der Waals surface area contributed by atoms with Crippen LogP contribution >= 0.6 is 0 Å². The fourth-order valence-corrected chi connectivity index (χ4v) is 4.19. The van der Waals surface area contributed by atoms with Gasteiger partial charge in [-0.25, -0.2) is 8.42 Å². The van der Waals surface area contributed by atoms with Crippen molar-refractivity contribution >= 4 is 15.7 Å². The number of halogens is 3. The van der Waals surface area contributed by atoms with Crippen LogP contribution in [0.2, 0.25) is 0 Å². The third-order valence-electron chi connectivity index (χ3n) is 3.83. The van der Waals surface area contributed by atoms with E-state index in [1.165, 1.54) is 7.11 Å². The zero-order valence-electron chi connectivity index (χ0n) is 12.6. The lowest BCUT2D eigenvalue weighted by Gasteiger charge is -2.31. The van der Waals surface area contributed by atoms with Gasteiger partial charge in [0.05, 0.1) is 21.5 Å². The van der Waals surface area contributed by atoms with Crippen molar-refractivity contribution in [1.29, 1.82) is 0 Å². The molecule has 0 atom stereocenters. The number of nitro groups is 1. The number of sulfonamides is 1. The zero-order chi connectivity index (χ0) is 18.1. The zero-order valence-corrected chi connectivity index (χ0v) is 13.4. The van der Waals surface area contributed by atoms with Crippen molar-refractivity contribution in [2.24, 2.45) is 0 Å². The minimum atomic E-state index is -5.03. The smallest absolute Gasteiger partial charge is 0.381 e. The Labute approximate surface area is 136 Å². The molecule has 0 saturated carbocycles. The number of non-ortho nitro benzene ring substituents is 1. The number of hydrogen-bond acceptors (Lipinski definition) is 5. The van der Waals surface area contributed by atoms with E-state index in [4.69, 9.17) is 4.74 Å². The van der Waals surface area contributed by atoms with Crippen LogP contribution in [0, 0.1) is 10.1 Å². The van der Waals surface area contributed by atoms with Gasteiger partial charge in [-0.15, -0.1) is 0 Å². The second kappa shape index (κ2) is 6.65. The van der Waals surface area contributed by atoms with Crippen LogP contribution in [0.1, 0.15) is 18.4 Å². The van der Waals surface area contributed by atoms with Crippen molar-refractivity contribution in [3.05, 3.63) is 33.9 Å². The lowest BCUT2D eigenvalue weighted by molar-refractivity contribution is -0.385. The minimum Gasteiger partial charge on any atom is -0.381 e. The van der Waals surface area contributed by atoms with Gasteiger partial charge >= 0.3 is 6.18 Å². The molecule has 1 aromatic rings. The summed E-state index contributed by atoms with van der Waals surface area (Å²) in [5.74, 6) is 0. The summed E-state index contributed by atoms with van der Waals surface area (Å²) in [5, 5.41) is 10.7. The molecule has 1 aliphatic rings. The first-order valence-electron chi connectivity index (χ1n) is 6.96. The summed E-state index contributed by atoms with van der Waals surface area (Å²) in [4.78, 5) is 8.70. The Morgan fingerprint density at radius 2 is 1.88 bits per heavy atom. The summed E-state index contributed by atoms with van der Waals surface area (Å²) in [6.07, 6.45) is -4.44. The SMILES string of the molecule is COC1CCN(S(=O)(=O)c2ccc([N+](=O)[O-])cc2C(F)(F)F)CC1. The number of ether oxygens (including phenoxy) is 1. The molecule has 1 fully saturated rings. The number of alkyl halides is 3. The van der Waals surface area contributed by atoms with E-state index < -0.39 is 37.3 Å².